The van der Waals surface area contributed by atoms with Crippen LogP contribution in [0, 0.1) is 5.92 Å². The highest BCUT2D eigenvalue weighted by Crippen LogP contribution is 2.19. The Morgan fingerprint density at radius 3 is 2.83 bits per heavy atom. The summed E-state index contributed by atoms with van der Waals surface area (Å²) in [7, 11) is -1.86. The molecule has 0 radical (unpaired) electrons. The molecule has 0 aromatic carbocycles. The van der Waals surface area contributed by atoms with E-state index in [9.17, 15) is 8.42 Å². The van der Waals surface area contributed by atoms with Crippen LogP contribution < -0.4 is 14.8 Å². The molecule has 2 unspecified atom stereocenters. The highest BCUT2D eigenvalue weighted by Gasteiger charge is 2.24. The first-order valence-corrected chi connectivity index (χ1v) is 8.04. The number of methoxy groups -OCH3 is 1. The molecule has 1 fully saturated rings. The highest BCUT2D eigenvalue weighted by atomic mass is 32.2. The van der Waals surface area contributed by atoms with Crippen LogP contribution in [0.5, 0.6) is 0 Å². The lowest BCUT2D eigenvalue weighted by Crippen LogP contribution is -2.50. The Bertz CT molecular complexity index is 321. The van der Waals surface area contributed by atoms with Crippen molar-refractivity contribution >= 4 is 10.2 Å². The van der Waals surface area contributed by atoms with Crippen molar-refractivity contribution in [1.29, 1.82) is 0 Å². The second kappa shape index (κ2) is 8.06. The molecule has 0 amide bonds. The Morgan fingerprint density at radius 2 is 2.17 bits per heavy atom. The van der Waals surface area contributed by atoms with Gasteiger partial charge in [0.1, 0.15) is 0 Å². The van der Waals surface area contributed by atoms with E-state index >= 15 is 0 Å². The molecule has 0 aliphatic carbocycles. The molecule has 2 atom stereocenters. The van der Waals surface area contributed by atoms with Gasteiger partial charge in [-0.15, -0.1) is 0 Å². The van der Waals surface area contributed by atoms with Crippen LogP contribution in [0.1, 0.15) is 26.2 Å². The van der Waals surface area contributed by atoms with Crippen LogP contribution in [0.25, 0.3) is 0 Å². The van der Waals surface area contributed by atoms with Gasteiger partial charge in [0.2, 0.25) is 0 Å². The zero-order valence-corrected chi connectivity index (χ0v) is 12.1. The van der Waals surface area contributed by atoms with Gasteiger partial charge >= 0.3 is 0 Å². The fourth-order valence-electron chi connectivity index (χ4n) is 2.28. The number of hydrogen-bond acceptors (Lipinski definition) is 4. The third-order valence-electron chi connectivity index (χ3n) is 3.34. The Morgan fingerprint density at radius 1 is 1.39 bits per heavy atom. The summed E-state index contributed by atoms with van der Waals surface area (Å²) in [6, 6.07) is 0.239. The topological polar surface area (TPSA) is 79.5 Å². The molecule has 0 saturated carbocycles. The third-order valence-corrected chi connectivity index (χ3v) is 4.47. The first kappa shape index (κ1) is 15.8. The van der Waals surface area contributed by atoms with Crippen LogP contribution in [-0.2, 0) is 14.9 Å². The van der Waals surface area contributed by atoms with Gasteiger partial charge in [-0.25, -0.2) is 4.72 Å². The number of hydrogen-bond donors (Lipinski definition) is 3. The Balaban J connectivity index is 2.33. The highest BCUT2D eigenvalue weighted by molar-refractivity contribution is 7.87. The van der Waals surface area contributed by atoms with Gasteiger partial charge in [0.15, 0.2) is 0 Å². The van der Waals surface area contributed by atoms with Crippen LogP contribution >= 0.6 is 0 Å². The van der Waals surface area contributed by atoms with Crippen LogP contribution in [0.15, 0.2) is 0 Å². The van der Waals surface area contributed by atoms with E-state index in [0.29, 0.717) is 25.6 Å². The first-order valence-electron chi connectivity index (χ1n) is 6.55. The average molecular weight is 279 g/mol. The maximum atomic E-state index is 11.6. The molecule has 1 rings (SSSR count). The molecular weight excluding hydrogens is 254 g/mol. The maximum absolute atomic E-state index is 11.6. The molecule has 3 N–H and O–H groups in total. The van der Waals surface area contributed by atoms with E-state index < -0.39 is 10.2 Å². The van der Waals surface area contributed by atoms with E-state index in [1.54, 1.807) is 7.11 Å². The van der Waals surface area contributed by atoms with Crippen LogP contribution in [0.2, 0.25) is 0 Å². The monoisotopic (exact) mass is 279 g/mol. The van der Waals surface area contributed by atoms with Crippen molar-refractivity contribution in [3.8, 4) is 0 Å². The zero-order chi connectivity index (χ0) is 13.4. The molecular formula is C11H25N3O3S. The van der Waals surface area contributed by atoms with Crippen molar-refractivity contribution in [2.75, 3.05) is 33.4 Å². The lowest BCUT2D eigenvalue weighted by Gasteiger charge is -2.32. The van der Waals surface area contributed by atoms with Crippen molar-refractivity contribution in [2.24, 2.45) is 5.92 Å². The van der Waals surface area contributed by atoms with Gasteiger partial charge in [-0.3, -0.25) is 0 Å². The Labute approximate surface area is 110 Å². The summed E-state index contributed by atoms with van der Waals surface area (Å²) in [5.74, 6) is 0.556. The van der Waals surface area contributed by atoms with Crippen molar-refractivity contribution < 1.29 is 13.2 Å². The van der Waals surface area contributed by atoms with Crippen molar-refractivity contribution in [2.45, 2.75) is 32.2 Å². The molecule has 6 nitrogen and oxygen atoms in total. The summed E-state index contributed by atoms with van der Waals surface area (Å²) in [6.07, 6.45) is 3.43. The molecule has 7 heteroatoms. The number of rotatable bonds is 8. The lowest BCUT2D eigenvalue weighted by atomic mass is 9.89. The summed E-state index contributed by atoms with van der Waals surface area (Å²) >= 11 is 0. The Kier molecular flexibility index (Phi) is 7.10. The maximum Gasteiger partial charge on any atom is 0.277 e. The van der Waals surface area contributed by atoms with E-state index in [0.717, 1.165) is 13.0 Å². The minimum Gasteiger partial charge on any atom is -0.383 e. The lowest BCUT2D eigenvalue weighted by molar-refractivity contribution is 0.204. The van der Waals surface area contributed by atoms with Gasteiger partial charge in [0, 0.05) is 26.2 Å². The van der Waals surface area contributed by atoms with Crippen LogP contribution in [-0.4, -0.2) is 47.8 Å². The van der Waals surface area contributed by atoms with Gasteiger partial charge in [0.05, 0.1) is 6.61 Å². The van der Waals surface area contributed by atoms with Gasteiger partial charge in [0.25, 0.3) is 10.2 Å². The third kappa shape index (κ3) is 5.62. The molecule has 1 aliphatic heterocycles. The summed E-state index contributed by atoms with van der Waals surface area (Å²) < 4.78 is 33.1. The normalized spacial score (nSPS) is 25.2. The predicted octanol–water partition coefficient (Wildman–Crippen LogP) is -0.165. The zero-order valence-electron chi connectivity index (χ0n) is 11.2. The Hall–Kier alpha value is -0.210. The average Bonchev–Trinajstić information content (AvgIpc) is 2.37. The minimum absolute atomic E-state index is 0.239. The molecule has 0 aromatic heterocycles. The molecule has 1 aliphatic rings. The van der Waals surface area contributed by atoms with Crippen molar-refractivity contribution in [3.05, 3.63) is 0 Å². The van der Waals surface area contributed by atoms with E-state index in [1.807, 2.05) is 0 Å². The van der Waals surface area contributed by atoms with E-state index in [2.05, 4.69) is 21.7 Å². The standard InChI is InChI=1S/C11H25N3O3S/c1-3-10-5-4-6-12-11(10)9-14-18(15,16)13-7-8-17-2/h10-14H,3-9H2,1-2H3. The molecule has 0 aromatic rings. The molecule has 108 valence electrons. The number of piperidine rings is 1. The minimum atomic E-state index is -3.40. The second-order valence-corrected chi connectivity index (χ2v) is 6.19. The quantitative estimate of drug-likeness (QED) is 0.539. The van der Waals surface area contributed by atoms with E-state index in [4.69, 9.17) is 4.74 Å². The summed E-state index contributed by atoms with van der Waals surface area (Å²) in [5.41, 5.74) is 0. The molecule has 1 saturated heterocycles. The predicted molar refractivity (Wildman–Crippen MR) is 71.6 cm³/mol. The molecule has 1 heterocycles. The fraction of sp³-hybridized carbons (Fsp3) is 1.00. The molecule has 0 spiro atoms. The summed E-state index contributed by atoms with van der Waals surface area (Å²) in [6.45, 7) is 4.23. The SMILES string of the molecule is CCC1CCCNC1CNS(=O)(=O)NCCOC. The van der Waals surface area contributed by atoms with Crippen molar-refractivity contribution in [3.63, 3.8) is 0 Å². The van der Waals surface area contributed by atoms with Gasteiger partial charge in [-0.05, 0) is 25.3 Å². The smallest absolute Gasteiger partial charge is 0.277 e. The van der Waals surface area contributed by atoms with E-state index in [1.165, 1.54) is 12.8 Å². The second-order valence-electron chi connectivity index (χ2n) is 4.61. The number of ether oxygens (including phenoxy) is 1. The summed E-state index contributed by atoms with van der Waals surface area (Å²) in [5, 5.41) is 3.38. The van der Waals surface area contributed by atoms with Crippen molar-refractivity contribution in [1.82, 2.24) is 14.8 Å². The van der Waals surface area contributed by atoms with Crippen LogP contribution in [0.3, 0.4) is 0 Å². The van der Waals surface area contributed by atoms with Gasteiger partial charge in [-0.1, -0.05) is 13.3 Å². The molecule has 0 bridgehead atoms. The number of nitrogens with one attached hydrogen (secondary N) is 3. The molecule has 18 heavy (non-hydrogen) atoms. The fourth-order valence-corrected chi connectivity index (χ4v) is 3.13. The summed E-state index contributed by atoms with van der Waals surface area (Å²) in [4.78, 5) is 0. The first-order chi connectivity index (χ1) is 8.59. The van der Waals surface area contributed by atoms with Gasteiger partial charge < -0.3 is 10.1 Å². The van der Waals surface area contributed by atoms with Crippen LogP contribution in [0.4, 0.5) is 0 Å². The van der Waals surface area contributed by atoms with E-state index in [-0.39, 0.29) is 6.04 Å². The van der Waals surface area contributed by atoms with Gasteiger partial charge in [-0.2, -0.15) is 13.1 Å². The largest absolute Gasteiger partial charge is 0.383 e.